The highest BCUT2D eigenvalue weighted by Crippen LogP contribution is 2.43. The van der Waals surface area contributed by atoms with Gasteiger partial charge in [-0.15, -0.1) is 0 Å². The summed E-state index contributed by atoms with van der Waals surface area (Å²) in [5.74, 6) is 0.0219. The van der Waals surface area contributed by atoms with Gasteiger partial charge in [0.15, 0.2) is 11.2 Å². The Balaban J connectivity index is 1.55. The summed E-state index contributed by atoms with van der Waals surface area (Å²) in [5, 5.41) is 0.686. The maximum Gasteiger partial charge on any atom is 0.193 e. The number of anilines is 2. The largest absolute Gasteiger partial charge is 0.333 e. The lowest BCUT2D eigenvalue weighted by atomic mass is 9.80. The van der Waals surface area contributed by atoms with E-state index in [2.05, 4.69) is 21.6 Å². The summed E-state index contributed by atoms with van der Waals surface area (Å²) in [5.41, 5.74) is 6.63. The fraction of sp³-hybridized carbons (Fsp3) is 0.0625. The van der Waals surface area contributed by atoms with Gasteiger partial charge in [-0.25, -0.2) is 0 Å². The Morgan fingerprint density at radius 3 is 2.08 bits per heavy atom. The quantitative estimate of drug-likeness (QED) is 0.305. The van der Waals surface area contributed by atoms with Crippen LogP contribution in [0.4, 0.5) is 11.4 Å². The second-order valence-electron chi connectivity index (χ2n) is 9.25. The van der Waals surface area contributed by atoms with Gasteiger partial charge in [-0.3, -0.25) is 9.59 Å². The van der Waals surface area contributed by atoms with Crippen molar-refractivity contribution in [1.82, 2.24) is 4.57 Å². The molecule has 172 valence electrons. The maximum absolute atomic E-state index is 13.9. The summed E-state index contributed by atoms with van der Waals surface area (Å²) in [7, 11) is 0. The first-order chi connectivity index (χ1) is 17.7. The zero-order valence-corrected chi connectivity index (χ0v) is 19.5. The molecule has 4 nitrogen and oxygen atoms in total. The first-order valence-electron chi connectivity index (χ1n) is 12.1. The Morgan fingerprint density at radius 2 is 1.31 bits per heavy atom. The molecule has 1 aromatic heterocycles. The van der Waals surface area contributed by atoms with Crippen LogP contribution in [0, 0.1) is 0 Å². The molecule has 0 radical (unpaired) electrons. The van der Waals surface area contributed by atoms with Crippen molar-refractivity contribution in [3.63, 3.8) is 0 Å². The summed E-state index contributed by atoms with van der Waals surface area (Å²) in [6, 6.07) is 35.4. The van der Waals surface area contributed by atoms with Crippen LogP contribution < -0.4 is 10.3 Å². The minimum absolute atomic E-state index is 0.0219. The number of hydrogen-bond acceptors (Lipinski definition) is 3. The number of ketones is 1. The number of nitrogens with zero attached hydrogens (tertiary/aromatic N) is 2. The van der Waals surface area contributed by atoms with Gasteiger partial charge in [-0.05, 0) is 54.6 Å². The van der Waals surface area contributed by atoms with Crippen LogP contribution in [0.3, 0.4) is 0 Å². The number of Topliss-reactive ketones (excluding diaryl/α,β-unsaturated/α-hetero) is 1. The third-order valence-electron chi connectivity index (χ3n) is 7.29. The molecular weight excluding hydrogens is 444 g/mol. The molecule has 0 N–H and O–H groups in total. The Hall–Kier alpha value is -4.70. The van der Waals surface area contributed by atoms with Crippen molar-refractivity contribution < 1.29 is 4.79 Å². The minimum Gasteiger partial charge on any atom is -0.333 e. The van der Waals surface area contributed by atoms with Crippen LogP contribution in [0.2, 0.25) is 0 Å². The van der Waals surface area contributed by atoms with E-state index in [1.807, 2.05) is 103 Å². The minimum atomic E-state index is -0.264. The van der Waals surface area contributed by atoms with E-state index in [-0.39, 0.29) is 17.3 Å². The van der Waals surface area contributed by atoms with E-state index in [9.17, 15) is 9.59 Å². The number of aromatic nitrogens is 1. The van der Waals surface area contributed by atoms with Gasteiger partial charge in [0.25, 0.3) is 0 Å². The van der Waals surface area contributed by atoms with Crippen molar-refractivity contribution in [3.05, 3.63) is 142 Å². The van der Waals surface area contributed by atoms with Gasteiger partial charge >= 0.3 is 0 Å². The summed E-state index contributed by atoms with van der Waals surface area (Å²) in [6.07, 6.45) is 2.41. The van der Waals surface area contributed by atoms with Crippen molar-refractivity contribution >= 4 is 34.1 Å². The van der Waals surface area contributed by atoms with Crippen molar-refractivity contribution in [2.45, 2.75) is 12.5 Å². The van der Waals surface area contributed by atoms with Crippen molar-refractivity contribution in [2.75, 3.05) is 4.90 Å². The summed E-state index contributed by atoms with van der Waals surface area (Å²) in [4.78, 5) is 29.9. The standard InChI is InChI=1S/C32H22N2O2/c35-31-23-15-7-9-17-27(23)33(21-11-3-1-4-12-21)29-19-26-30(20-25(29)31)34(22-13-5-2-6-14-22)28-18-10-8-16-24(28)32(26)36/h1-19,30H,20H2. The zero-order valence-electron chi connectivity index (χ0n) is 19.5. The van der Waals surface area contributed by atoms with Crippen LogP contribution in [0.15, 0.2) is 120 Å². The second-order valence-corrected chi connectivity index (χ2v) is 9.25. The lowest BCUT2D eigenvalue weighted by molar-refractivity contribution is 0.102. The van der Waals surface area contributed by atoms with Gasteiger partial charge in [-0.2, -0.15) is 0 Å². The van der Waals surface area contributed by atoms with Gasteiger partial charge < -0.3 is 9.47 Å². The van der Waals surface area contributed by atoms with Gasteiger partial charge in [0.1, 0.15) is 0 Å². The average Bonchev–Trinajstić information content (AvgIpc) is 2.94. The summed E-state index contributed by atoms with van der Waals surface area (Å²) < 4.78 is 2.12. The number of rotatable bonds is 2. The van der Waals surface area contributed by atoms with E-state index in [1.54, 1.807) is 0 Å². The van der Waals surface area contributed by atoms with E-state index in [4.69, 9.17) is 0 Å². The molecule has 0 saturated heterocycles. The van der Waals surface area contributed by atoms with Gasteiger partial charge in [-0.1, -0.05) is 60.7 Å². The molecule has 1 aliphatic heterocycles. The van der Waals surface area contributed by atoms with E-state index in [1.165, 1.54) is 0 Å². The van der Waals surface area contributed by atoms with Gasteiger partial charge in [0, 0.05) is 39.9 Å². The average molecular weight is 467 g/mol. The number of carbonyl (C=O) groups excluding carboxylic acids is 1. The number of fused-ring (bicyclic) bond motifs is 4. The molecule has 4 aromatic carbocycles. The number of hydrogen-bond donors (Lipinski definition) is 0. The van der Waals surface area contributed by atoms with Crippen LogP contribution >= 0.6 is 0 Å². The number of para-hydroxylation sites is 4. The van der Waals surface area contributed by atoms with E-state index >= 15 is 0 Å². The van der Waals surface area contributed by atoms with E-state index < -0.39 is 0 Å². The van der Waals surface area contributed by atoms with Gasteiger partial charge in [0.2, 0.25) is 0 Å². The molecule has 1 unspecified atom stereocenters. The Bertz CT molecular complexity index is 1750. The molecule has 0 amide bonds. The van der Waals surface area contributed by atoms with Crippen LogP contribution in [-0.4, -0.2) is 16.4 Å². The van der Waals surface area contributed by atoms with E-state index in [0.29, 0.717) is 22.9 Å². The smallest absolute Gasteiger partial charge is 0.193 e. The highest BCUT2D eigenvalue weighted by molar-refractivity contribution is 6.18. The third-order valence-corrected chi connectivity index (χ3v) is 7.29. The number of pyridine rings is 1. The van der Waals surface area contributed by atoms with Crippen molar-refractivity contribution in [3.8, 4) is 5.69 Å². The maximum atomic E-state index is 13.9. The van der Waals surface area contributed by atoms with Crippen LogP contribution in [0.1, 0.15) is 21.6 Å². The topological polar surface area (TPSA) is 42.3 Å². The molecule has 4 heteroatoms. The molecule has 1 atom stereocenters. The highest BCUT2D eigenvalue weighted by Gasteiger charge is 2.40. The SMILES string of the molecule is O=C1C2=Cc3c(c(=O)c4ccccc4n3-c3ccccc3)CC2N(c2ccccc2)c2ccccc21. The van der Waals surface area contributed by atoms with Crippen LogP contribution in [0.5, 0.6) is 0 Å². The number of carbonyl (C=O) groups is 1. The highest BCUT2D eigenvalue weighted by atomic mass is 16.1. The molecule has 36 heavy (non-hydrogen) atoms. The predicted molar refractivity (Wildman–Crippen MR) is 144 cm³/mol. The fourth-order valence-corrected chi connectivity index (χ4v) is 5.71. The van der Waals surface area contributed by atoms with Crippen molar-refractivity contribution in [2.24, 2.45) is 0 Å². The van der Waals surface area contributed by atoms with Crippen LogP contribution in [-0.2, 0) is 6.42 Å². The molecule has 2 heterocycles. The molecule has 0 saturated carbocycles. The third kappa shape index (κ3) is 2.94. The van der Waals surface area contributed by atoms with Gasteiger partial charge in [0.05, 0.1) is 22.9 Å². The normalized spacial score (nSPS) is 16.2. The molecule has 5 aromatic rings. The summed E-state index contributed by atoms with van der Waals surface area (Å²) in [6.45, 7) is 0. The lowest BCUT2D eigenvalue weighted by Crippen LogP contribution is -2.44. The molecule has 2 aliphatic rings. The Morgan fingerprint density at radius 1 is 0.667 bits per heavy atom. The van der Waals surface area contributed by atoms with Crippen molar-refractivity contribution in [1.29, 1.82) is 0 Å². The predicted octanol–water partition coefficient (Wildman–Crippen LogP) is 6.33. The van der Waals surface area contributed by atoms with Crippen LogP contribution in [0.25, 0.3) is 22.7 Å². The zero-order chi connectivity index (χ0) is 24.2. The Kier molecular flexibility index (Phi) is 4.55. The number of benzene rings is 4. The molecule has 7 rings (SSSR count). The monoisotopic (exact) mass is 466 g/mol. The Labute approximate surface area is 208 Å². The first-order valence-corrected chi connectivity index (χ1v) is 12.1. The second kappa shape index (κ2) is 7.92. The van der Waals surface area contributed by atoms with E-state index in [0.717, 1.165) is 33.8 Å². The molecule has 1 aliphatic carbocycles. The molecule has 0 bridgehead atoms. The molecule has 0 fully saturated rings. The fourth-order valence-electron chi connectivity index (χ4n) is 5.71. The molecule has 0 spiro atoms. The molecular formula is C32H22N2O2. The lowest BCUT2D eigenvalue weighted by Gasteiger charge is -2.42. The first kappa shape index (κ1) is 20.7. The summed E-state index contributed by atoms with van der Waals surface area (Å²) >= 11 is 0.